The molecule has 6 nitrogen and oxygen atoms in total. The molecule has 0 saturated carbocycles. The van der Waals surface area contributed by atoms with E-state index in [4.69, 9.17) is 9.47 Å². The topological polar surface area (TPSA) is 65.1 Å². The number of carbonyl (C=O) groups is 2. The molecule has 0 aliphatic heterocycles. The van der Waals surface area contributed by atoms with Crippen LogP contribution in [-0.4, -0.2) is 57.3 Å². The summed E-state index contributed by atoms with van der Waals surface area (Å²) in [6.07, 6.45) is 0.870. The van der Waals surface area contributed by atoms with Crippen molar-refractivity contribution in [2.45, 2.75) is 12.8 Å². The molecule has 6 heteroatoms. The van der Waals surface area contributed by atoms with E-state index < -0.39 is 0 Å². The third-order valence-corrected chi connectivity index (χ3v) is 3.05. The Balaban J connectivity index is 2.48. The Bertz CT molecular complexity index is 449. The predicted molar refractivity (Wildman–Crippen MR) is 81.6 cm³/mol. The van der Waals surface area contributed by atoms with Gasteiger partial charge in [-0.1, -0.05) is 18.2 Å². The number of amides is 1. The molecule has 22 heavy (non-hydrogen) atoms. The average molecular weight is 309 g/mol. The summed E-state index contributed by atoms with van der Waals surface area (Å²) in [5.74, 6) is 0.137. The van der Waals surface area contributed by atoms with Gasteiger partial charge in [0.15, 0.2) is 6.61 Å². The number of hydrogen-bond acceptors (Lipinski definition) is 5. The summed E-state index contributed by atoms with van der Waals surface area (Å²) >= 11 is 0. The van der Waals surface area contributed by atoms with E-state index in [9.17, 15) is 9.59 Å². The quantitative estimate of drug-likeness (QED) is 0.484. The molecule has 0 aliphatic carbocycles. The molecule has 0 N–H and O–H groups in total. The molecule has 1 aromatic carbocycles. The van der Waals surface area contributed by atoms with Gasteiger partial charge in [-0.05, 0) is 18.6 Å². The van der Waals surface area contributed by atoms with E-state index >= 15 is 0 Å². The first-order valence-corrected chi connectivity index (χ1v) is 7.18. The lowest BCUT2D eigenvalue weighted by Gasteiger charge is -2.22. The Labute approximate surface area is 131 Å². The van der Waals surface area contributed by atoms with Crippen LogP contribution in [0.25, 0.3) is 0 Å². The molecule has 1 aromatic rings. The standard InChI is InChI=1S/C16H23NO5/c1-20-12-6-10-17(11-9-16(19)21-2)15(18)13-22-14-7-4-3-5-8-14/h3-5,7-8H,6,9-13H2,1-2H3. The number of carbonyl (C=O) groups excluding carboxylic acids is 2. The summed E-state index contributed by atoms with van der Waals surface area (Å²) in [6.45, 7) is 1.33. The summed E-state index contributed by atoms with van der Waals surface area (Å²) in [5.41, 5.74) is 0. The number of methoxy groups -OCH3 is 2. The van der Waals surface area contributed by atoms with E-state index in [1.54, 1.807) is 24.1 Å². The van der Waals surface area contributed by atoms with Crippen molar-refractivity contribution < 1.29 is 23.8 Å². The first-order chi connectivity index (χ1) is 10.7. The van der Waals surface area contributed by atoms with Crippen molar-refractivity contribution in [1.29, 1.82) is 0 Å². The maximum absolute atomic E-state index is 12.2. The molecule has 0 unspecified atom stereocenters. The number of para-hydroxylation sites is 1. The number of esters is 1. The number of benzene rings is 1. The number of rotatable bonds is 10. The molecule has 0 heterocycles. The Hall–Kier alpha value is -2.08. The number of hydrogen-bond donors (Lipinski definition) is 0. The third-order valence-electron chi connectivity index (χ3n) is 3.05. The summed E-state index contributed by atoms with van der Waals surface area (Å²) in [7, 11) is 2.94. The van der Waals surface area contributed by atoms with Crippen LogP contribution < -0.4 is 4.74 Å². The molecule has 0 atom stereocenters. The lowest BCUT2D eigenvalue weighted by atomic mass is 10.3. The molecule has 0 aromatic heterocycles. The fourth-order valence-corrected chi connectivity index (χ4v) is 1.84. The van der Waals surface area contributed by atoms with Gasteiger partial charge in [-0.15, -0.1) is 0 Å². The molecule has 0 bridgehead atoms. The molecular formula is C16H23NO5. The van der Waals surface area contributed by atoms with E-state index in [2.05, 4.69) is 4.74 Å². The normalized spacial score (nSPS) is 10.1. The smallest absolute Gasteiger partial charge is 0.307 e. The molecule has 1 rings (SSSR count). The number of nitrogens with zero attached hydrogens (tertiary/aromatic N) is 1. The van der Waals surface area contributed by atoms with Gasteiger partial charge in [0.25, 0.3) is 5.91 Å². The first kappa shape index (κ1) is 18.0. The van der Waals surface area contributed by atoms with E-state index in [0.717, 1.165) is 0 Å². The molecule has 0 fully saturated rings. The zero-order valence-electron chi connectivity index (χ0n) is 13.1. The van der Waals surface area contributed by atoms with Crippen LogP contribution in [0.15, 0.2) is 30.3 Å². The highest BCUT2D eigenvalue weighted by Gasteiger charge is 2.15. The van der Waals surface area contributed by atoms with Crippen molar-refractivity contribution in [2.75, 3.05) is 40.5 Å². The minimum absolute atomic E-state index is 0.0574. The van der Waals surface area contributed by atoms with Crippen LogP contribution in [-0.2, 0) is 19.1 Å². The maximum Gasteiger partial charge on any atom is 0.307 e. The SMILES string of the molecule is COCCCN(CCC(=O)OC)C(=O)COc1ccccc1. The van der Waals surface area contributed by atoms with Crippen molar-refractivity contribution >= 4 is 11.9 Å². The van der Waals surface area contributed by atoms with Gasteiger partial charge in [-0.2, -0.15) is 0 Å². The monoisotopic (exact) mass is 309 g/mol. The van der Waals surface area contributed by atoms with Crippen molar-refractivity contribution in [2.24, 2.45) is 0 Å². The van der Waals surface area contributed by atoms with E-state index in [0.29, 0.717) is 31.9 Å². The summed E-state index contributed by atoms with van der Waals surface area (Å²) in [5, 5.41) is 0. The Morgan fingerprint density at radius 3 is 2.45 bits per heavy atom. The molecule has 122 valence electrons. The highest BCUT2D eigenvalue weighted by atomic mass is 16.5. The van der Waals surface area contributed by atoms with Gasteiger partial charge in [0.05, 0.1) is 13.5 Å². The lowest BCUT2D eigenvalue weighted by molar-refractivity contribution is -0.142. The second-order valence-corrected chi connectivity index (χ2v) is 4.65. The summed E-state index contributed by atoms with van der Waals surface area (Å²) in [4.78, 5) is 25.0. The van der Waals surface area contributed by atoms with Gasteiger partial charge < -0.3 is 19.1 Å². The second-order valence-electron chi connectivity index (χ2n) is 4.65. The lowest BCUT2D eigenvalue weighted by Crippen LogP contribution is -2.37. The van der Waals surface area contributed by atoms with Gasteiger partial charge >= 0.3 is 5.97 Å². The fraction of sp³-hybridized carbons (Fsp3) is 0.500. The number of ether oxygens (including phenoxy) is 3. The van der Waals surface area contributed by atoms with Crippen molar-refractivity contribution in [3.63, 3.8) is 0 Å². The van der Waals surface area contributed by atoms with Crippen LogP contribution in [0, 0.1) is 0 Å². The molecule has 0 aliphatic rings. The molecule has 0 radical (unpaired) electrons. The Morgan fingerprint density at radius 2 is 1.82 bits per heavy atom. The zero-order valence-corrected chi connectivity index (χ0v) is 13.1. The van der Waals surface area contributed by atoms with Gasteiger partial charge in [0.1, 0.15) is 5.75 Å². The molecule has 1 amide bonds. The largest absolute Gasteiger partial charge is 0.484 e. The van der Waals surface area contributed by atoms with E-state index in [-0.39, 0.29) is 24.9 Å². The van der Waals surface area contributed by atoms with Crippen LogP contribution in [0.3, 0.4) is 0 Å². The molecule has 0 spiro atoms. The van der Waals surface area contributed by atoms with Crippen LogP contribution in [0.1, 0.15) is 12.8 Å². The summed E-state index contributed by atoms with van der Waals surface area (Å²) in [6, 6.07) is 9.14. The second kappa shape index (κ2) is 10.6. The minimum Gasteiger partial charge on any atom is -0.484 e. The average Bonchev–Trinajstić information content (AvgIpc) is 2.56. The van der Waals surface area contributed by atoms with Crippen LogP contribution in [0.2, 0.25) is 0 Å². The van der Waals surface area contributed by atoms with Gasteiger partial charge in [-0.25, -0.2) is 0 Å². The predicted octanol–water partition coefficient (Wildman–Crippen LogP) is 1.49. The first-order valence-electron chi connectivity index (χ1n) is 7.18. The fourth-order valence-electron chi connectivity index (χ4n) is 1.84. The Kier molecular flexibility index (Phi) is 8.67. The third kappa shape index (κ3) is 7.08. The van der Waals surface area contributed by atoms with E-state index in [1.807, 2.05) is 18.2 Å². The molecule has 0 saturated heterocycles. The summed E-state index contributed by atoms with van der Waals surface area (Å²) < 4.78 is 15.0. The van der Waals surface area contributed by atoms with Crippen molar-refractivity contribution in [3.8, 4) is 5.75 Å². The minimum atomic E-state index is -0.339. The maximum atomic E-state index is 12.2. The van der Waals surface area contributed by atoms with Crippen molar-refractivity contribution in [3.05, 3.63) is 30.3 Å². The van der Waals surface area contributed by atoms with Crippen LogP contribution in [0.4, 0.5) is 0 Å². The van der Waals surface area contributed by atoms with Gasteiger partial charge in [-0.3, -0.25) is 9.59 Å². The van der Waals surface area contributed by atoms with Gasteiger partial charge in [0, 0.05) is 26.8 Å². The van der Waals surface area contributed by atoms with Crippen molar-refractivity contribution in [1.82, 2.24) is 4.90 Å². The van der Waals surface area contributed by atoms with Gasteiger partial charge in [0.2, 0.25) is 0 Å². The van der Waals surface area contributed by atoms with Crippen LogP contribution in [0.5, 0.6) is 5.75 Å². The van der Waals surface area contributed by atoms with E-state index in [1.165, 1.54) is 7.11 Å². The zero-order chi connectivity index (χ0) is 16.2. The Morgan fingerprint density at radius 1 is 1.09 bits per heavy atom. The van der Waals surface area contributed by atoms with Crippen LogP contribution >= 0.6 is 0 Å². The highest BCUT2D eigenvalue weighted by Crippen LogP contribution is 2.08. The molecular weight excluding hydrogens is 286 g/mol. The highest BCUT2D eigenvalue weighted by molar-refractivity contribution is 5.78.